The topological polar surface area (TPSA) is 51.1 Å². The van der Waals surface area contributed by atoms with Crippen molar-refractivity contribution < 1.29 is 9.59 Å². The lowest BCUT2D eigenvalue weighted by Gasteiger charge is -2.08. The van der Waals surface area contributed by atoms with Crippen LogP contribution in [0.25, 0.3) is 10.9 Å². The van der Waals surface area contributed by atoms with Gasteiger partial charge in [-0.05, 0) is 42.8 Å². The highest BCUT2D eigenvalue weighted by Gasteiger charge is 2.11. The maximum Gasteiger partial charge on any atom is 0.244 e. The van der Waals surface area contributed by atoms with Crippen molar-refractivity contribution in [2.45, 2.75) is 13.5 Å². The van der Waals surface area contributed by atoms with Crippen molar-refractivity contribution in [3.05, 3.63) is 64.3 Å². The van der Waals surface area contributed by atoms with Gasteiger partial charge in [0.25, 0.3) is 0 Å². The molecule has 0 bridgehead atoms. The quantitative estimate of drug-likeness (QED) is 0.700. The molecule has 3 rings (SSSR count). The second-order valence-corrected chi connectivity index (χ2v) is 6.32. The molecule has 1 amide bonds. The molecule has 0 aliphatic heterocycles. The molecule has 0 saturated heterocycles. The van der Waals surface area contributed by atoms with Crippen LogP contribution in [-0.4, -0.2) is 16.8 Å². The molecule has 0 unspecified atom stereocenters. The number of nitrogens with zero attached hydrogens (tertiary/aromatic N) is 1. The van der Waals surface area contributed by atoms with Gasteiger partial charge in [-0.15, -0.1) is 0 Å². The first kappa shape index (κ1) is 15.5. The summed E-state index contributed by atoms with van der Waals surface area (Å²) in [7, 11) is 0. The number of amides is 1. The van der Waals surface area contributed by atoms with E-state index in [2.05, 4.69) is 21.2 Å². The van der Waals surface area contributed by atoms with Gasteiger partial charge in [-0.1, -0.05) is 28.1 Å². The van der Waals surface area contributed by atoms with Gasteiger partial charge >= 0.3 is 0 Å². The zero-order valence-corrected chi connectivity index (χ0v) is 14.1. The van der Waals surface area contributed by atoms with E-state index < -0.39 is 0 Å². The molecule has 1 aromatic heterocycles. The summed E-state index contributed by atoms with van der Waals surface area (Å²) < 4.78 is 2.69. The van der Waals surface area contributed by atoms with E-state index in [-0.39, 0.29) is 12.5 Å². The molecule has 0 fully saturated rings. The van der Waals surface area contributed by atoms with Crippen LogP contribution < -0.4 is 5.32 Å². The summed E-state index contributed by atoms with van der Waals surface area (Å²) >= 11 is 3.40. The van der Waals surface area contributed by atoms with Crippen LogP contribution in [-0.2, 0) is 11.3 Å². The average Bonchev–Trinajstić information content (AvgIpc) is 2.84. The zero-order valence-electron chi connectivity index (χ0n) is 12.5. The number of benzene rings is 2. The lowest BCUT2D eigenvalue weighted by Crippen LogP contribution is -2.18. The summed E-state index contributed by atoms with van der Waals surface area (Å²) in [5.74, 6) is -0.132. The number of hydrogen-bond acceptors (Lipinski definition) is 2. The fraction of sp³-hybridized carbons (Fsp3) is 0.111. The molecule has 1 heterocycles. The van der Waals surface area contributed by atoms with Gasteiger partial charge in [0.05, 0.1) is 0 Å². The molecule has 0 aliphatic carbocycles. The Kier molecular flexibility index (Phi) is 4.30. The molecule has 0 aliphatic rings. The predicted octanol–water partition coefficient (Wildman–Crippen LogP) is 4.16. The van der Waals surface area contributed by atoms with Gasteiger partial charge in [0, 0.05) is 32.8 Å². The number of hydrogen-bond donors (Lipinski definition) is 1. The van der Waals surface area contributed by atoms with Crippen LogP contribution in [0.5, 0.6) is 0 Å². The van der Waals surface area contributed by atoms with E-state index >= 15 is 0 Å². The number of aromatic nitrogens is 1. The molecule has 0 atom stereocenters. The third kappa shape index (κ3) is 3.35. The Morgan fingerprint density at radius 3 is 2.83 bits per heavy atom. The molecule has 23 heavy (non-hydrogen) atoms. The van der Waals surface area contributed by atoms with Crippen LogP contribution in [0.1, 0.15) is 15.9 Å². The molecule has 3 aromatic rings. The number of rotatable bonds is 4. The number of nitrogens with one attached hydrogen (secondary N) is 1. The number of anilines is 1. The summed E-state index contributed by atoms with van der Waals surface area (Å²) in [6.07, 6.45) is 2.52. The maximum atomic E-state index is 12.3. The normalized spacial score (nSPS) is 10.7. The van der Waals surface area contributed by atoms with Gasteiger partial charge in [0.1, 0.15) is 6.54 Å². The maximum absolute atomic E-state index is 12.3. The van der Waals surface area contributed by atoms with E-state index in [1.165, 1.54) is 0 Å². The summed E-state index contributed by atoms with van der Waals surface area (Å²) in [4.78, 5) is 23.5. The van der Waals surface area contributed by atoms with Gasteiger partial charge in [-0.25, -0.2) is 0 Å². The fourth-order valence-corrected chi connectivity index (χ4v) is 2.96. The number of carbonyl (C=O) groups is 2. The van der Waals surface area contributed by atoms with E-state index in [4.69, 9.17) is 0 Å². The van der Waals surface area contributed by atoms with Crippen LogP contribution in [0.2, 0.25) is 0 Å². The first-order valence-corrected chi connectivity index (χ1v) is 7.96. The SMILES string of the molecule is Cc1cccc(NC(=O)Cn2cc(C=O)c3cc(Br)ccc32)c1. The Balaban J connectivity index is 1.86. The van der Waals surface area contributed by atoms with Gasteiger partial charge in [-0.3, -0.25) is 9.59 Å². The average molecular weight is 371 g/mol. The largest absolute Gasteiger partial charge is 0.337 e. The standard InChI is InChI=1S/C18H15BrN2O2/c1-12-3-2-4-15(7-12)20-18(23)10-21-9-13(11-22)16-8-14(19)5-6-17(16)21/h2-9,11H,10H2,1H3,(H,20,23). The van der Waals surface area contributed by atoms with E-state index in [0.29, 0.717) is 5.56 Å². The Morgan fingerprint density at radius 2 is 2.09 bits per heavy atom. The van der Waals surface area contributed by atoms with Crippen molar-refractivity contribution in [2.75, 3.05) is 5.32 Å². The predicted molar refractivity (Wildman–Crippen MR) is 94.8 cm³/mol. The molecular weight excluding hydrogens is 356 g/mol. The van der Waals surface area contributed by atoms with Gasteiger partial charge in [-0.2, -0.15) is 0 Å². The van der Waals surface area contributed by atoms with Crippen molar-refractivity contribution in [3.63, 3.8) is 0 Å². The second-order valence-electron chi connectivity index (χ2n) is 5.41. The number of halogens is 1. The molecule has 116 valence electrons. The molecule has 0 saturated carbocycles. The smallest absolute Gasteiger partial charge is 0.244 e. The van der Waals surface area contributed by atoms with Crippen LogP contribution >= 0.6 is 15.9 Å². The highest BCUT2D eigenvalue weighted by Crippen LogP contribution is 2.24. The zero-order chi connectivity index (χ0) is 16.4. The summed E-state index contributed by atoms with van der Waals surface area (Å²) in [5, 5.41) is 3.71. The Morgan fingerprint density at radius 1 is 1.26 bits per heavy atom. The second kappa shape index (κ2) is 6.38. The van der Waals surface area contributed by atoms with E-state index in [1.54, 1.807) is 10.8 Å². The van der Waals surface area contributed by atoms with Crippen molar-refractivity contribution >= 4 is 44.7 Å². The molecule has 5 heteroatoms. The number of aryl methyl sites for hydroxylation is 1. The molecule has 1 N–H and O–H groups in total. The number of fused-ring (bicyclic) bond motifs is 1. The molecule has 2 aromatic carbocycles. The minimum Gasteiger partial charge on any atom is -0.337 e. The molecular formula is C18H15BrN2O2. The van der Waals surface area contributed by atoms with Crippen LogP contribution in [0, 0.1) is 6.92 Å². The van der Waals surface area contributed by atoms with Crippen LogP contribution in [0.4, 0.5) is 5.69 Å². The van der Waals surface area contributed by atoms with Crippen LogP contribution in [0.3, 0.4) is 0 Å². The summed E-state index contributed by atoms with van der Waals surface area (Å²) in [5.41, 5.74) is 3.28. The minimum absolute atomic E-state index is 0.132. The van der Waals surface area contributed by atoms with Gasteiger partial charge < -0.3 is 9.88 Å². The first-order valence-electron chi connectivity index (χ1n) is 7.17. The summed E-state index contributed by atoms with van der Waals surface area (Å²) in [6, 6.07) is 13.3. The highest BCUT2D eigenvalue weighted by atomic mass is 79.9. The van der Waals surface area contributed by atoms with Crippen molar-refractivity contribution in [2.24, 2.45) is 0 Å². The third-order valence-electron chi connectivity index (χ3n) is 3.62. The number of carbonyl (C=O) groups excluding carboxylic acids is 2. The summed E-state index contributed by atoms with van der Waals surface area (Å²) in [6.45, 7) is 2.13. The Hall–Kier alpha value is -2.40. The van der Waals surface area contributed by atoms with E-state index in [9.17, 15) is 9.59 Å². The van der Waals surface area contributed by atoms with Crippen molar-refractivity contribution in [1.82, 2.24) is 4.57 Å². The third-order valence-corrected chi connectivity index (χ3v) is 4.11. The lowest BCUT2D eigenvalue weighted by molar-refractivity contribution is -0.116. The number of aldehydes is 1. The van der Waals surface area contributed by atoms with E-state index in [1.807, 2.05) is 49.4 Å². The Bertz CT molecular complexity index is 899. The van der Waals surface area contributed by atoms with Gasteiger partial charge in [0.15, 0.2) is 6.29 Å². The molecule has 4 nitrogen and oxygen atoms in total. The van der Waals surface area contributed by atoms with Crippen molar-refractivity contribution in [1.29, 1.82) is 0 Å². The molecule has 0 spiro atoms. The van der Waals surface area contributed by atoms with Gasteiger partial charge in [0.2, 0.25) is 5.91 Å². The monoisotopic (exact) mass is 370 g/mol. The lowest BCUT2D eigenvalue weighted by atomic mass is 10.2. The van der Waals surface area contributed by atoms with Crippen molar-refractivity contribution in [3.8, 4) is 0 Å². The minimum atomic E-state index is -0.132. The molecule has 0 radical (unpaired) electrons. The fourth-order valence-electron chi connectivity index (χ4n) is 2.60. The van der Waals surface area contributed by atoms with Crippen LogP contribution in [0.15, 0.2) is 53.1 Å². The Labute approximate surface area is 142 Å². The first-order chi connectivity index (χ1) is 11.1. The van der Waals surface area contributed by atoms with E-state index in [0.717, 1.165) is 32.9 Å². The highest BCUT2D eigenvalue weighted by molar-refractivity contribution is 9.10.